The van der Waals surface area contributed by atoms with Gasteiger partial charge >= 0.3 is 0 Å². The summed E-state index contributed by atoms with van der Waals surface area (Å²) in [7, 11) is 1.60. The number of amides is 2. The minimum atomic E-state index is -1.66. The first-order valence-corrected chi connectivity index (χ1v) is 8.85. The van der Waals surface area contributed by atoms with Crippen LogP contribution in [0, 0.1) is 17.5 Å². The molecule has 2 aromatic rings. The lowest BCUT2D eigenvalue weighted by Crippen LogP contribution is -3.11. The number of rotatable bonds is 7. The molecule has 9 heteroatoms. The fraction of sp³-hybridized carbons (Fsp3) is 0.263. The second-order valence-electron chi connectivity index (χ2n) is 6.39. The van der Waals surface area contributed by atoms with Gasteiger partial charge in [0, 0.05) is 5.02 Å². The first-order chi connectivity index (χ1) is 13.2. The van der Waals surface area contributed by atoms with Crippen molar-refractivity contribution in [1.29, 1.82) is 0 Å². The van der Waals surface area contributed by atoms with Gasteiger partial charge in [-0.1, -0.05) is 29.8 Å². The Balaban J connectivity index is 1.86. The zero-order chi connectivity index (χ0) is 20.8. The van der Waals surface area contributed by atoms with Crippen molar-refractivity contribution in [1.82, 2.24) is 5.32 Å². The molecule has 0 aromatic heterocycles. The van der Waals surface area contributed by atoms with Gasteiger partial charge in [0.25, 0.3) is 11.8 Å². The molecule has 2 amide bonds. The number of carbonyl (C=O) groups is 2. The molecule has 5 nitrogen and oxygen atoms in total. The molecule has 0 aliphatic rings. The second kappa shape index (κ2) is 9.57. The van der Waals surface area contributed by atoms with E-state index >= 15 is 0 Å². The van der Waals surface area contributed by atoms with Crippen LogP contribution in [0.2, 0.25) is 5.02 Å². The number of likely N-dealkylation sites (N-methyl/N-ethyl adjacent to an activating group) is 1. The van der Waals surface area contributed by atoms with Crippen LogP contribution in [0.4, 0.5) is 18.9 Å². The Hall–Kier alpha value is -2.58. The van der Waals surface area contributed by atoms with E-state index in [9.17, 15) is 22.8 Å². The molecule has 0 aliphatic carbocycles. The van der Waals surface area contributed by atoms with Gasteiger partial charge in [0.1, 0.15) is 0 Å². The first kappa shape index (κ1) is 21.7. The summed E-state index contributed by atoms with van der Waals surface area (Å²) in [4.78, 5) is 24.7. The molecule has 0 saturated heterocycles. The maximum Gasteiger partial charge on any atom is 0.279 e. The second-order valence-corrected chi connectivity index (χ2v) is 6.80. The van der Waals surface area contributed by atoms with Gasteiger partial charge in [0.2, 0.25) is 0 Å². The van der Waals surface area contributed by atoms with E-state index in [1.807, 2.05) is 6.07 Å². The Morgan fingerprint density at radius 1 is 1.04 bits per heavy atom. The fourth-order valence-corrected chi connectivity index (χ4v) is 2.92. The van der Waals surface area contributed by atoms with Crippen molar-refractivity contribution >= 4 is 29.1 Å². The molecule has 0 heterocycles. The zero-order valence-electron chi connectivity index (χ0n) is 15.3. The summed E-state index contributed by atoms with van der Waals surface area (Å²) in [6.45, 7) is 1.59. The lowest BCUT2D eigenvalue weighted by atomic mass is 10.1. The van der Waals surface area contributed by atoms with Crippen molar-refractivity contribution in [3.05, 3.63) is 64.4 Å². The molecule has 1 unspecified atom stereocenters. The van der Waals surface area contributed by atoms with Crippen molar-refractivity contribution in [3.8, 4) is 0 Å². The van der Waals surface area contributed by atoms with E-state index in [4.69, 9.17) is 11.6 Å². The summed E-state index contributed by atoms with van der Waals surface area (Å²) in [6, 6.07) is 8.44. The number of nitrogens with one attached hydrogen (secondary N) is 3. The average molecular weight is 415 g/mol. The summed E-state index contributed by atoms with van der Waals surface area (Å²) in [5.41, 5.74) is 0.301. The van der Waals surface area contributed by atoms with Crippen LogP contribution in [-0.2, 0) is 9.59 Å². The predicted molar refractivity (Wildman–Crippen MR) is 99.6 cm³/mol. The smallest absolute Gasteiger partial charge is 0.279 e. The molecule has 2 aromatic carbocycles. The average Bonchev–Trinajstić information content (AvgIpc) is 2.62. The molecule has 0 bridgehead atoms. The molecule has 0 saturated carbocycles. The number of halogens is 4. The first-order valence-electron chi connectivity index (χ1n) is 8.47. The van der Waals surface area contributed by atoms with E-state index in [0.717, 1.165) is 11.6 Å². The highest BCUT2D eigenvalue weighted by Gasteiger charge is 2.19. The minimum Gasteiger partial charge on any atom is -0.345 e. The molecule has 3 N–H and O–H groups in total. The monoisotopic (exact) mass is 414 g/mol. The van der Waals surface area contributed by atoms with Gasteiger partial charge in [-0.05, 0) is 30.7 Å². The summed E-state index contributed by atoms with van der Waals surface area (Å²) < 4.78 is 39.7. The minimum absolute atomic E-state index is 0.0253. The molecule has 2 rings (SSSR count). The van der Waals surface area contributed by atoms with Crippen LogP contribution in [0.15, 0.2) is 36.4 Å². The van der Waals surface area contributed by atoms with Crippen molar-refractivity contribution in [2.45, 2.75) is 13.0 Å². The summed E-state index contributed by atoms with van der Waals surface area (Å²) in [6.07, 6.45) is 0. The maximum absolute atomic E-state index is 13.6. The van der Waals surface area contributed by atoms with E-state index in [-0.39, 0.29) is 25.0 Å². The van der Waals surface area contributed by atoms with Crippen molar-refractivity contribution in [2.75, 3.05) is 25.5 Å². The van der Waals surface area contributed by atoms with Crippen LogP contribution >= 0.6 is 11.6 Å². The quantitative estimate of drug-likeness (QED) is 0.607. The van der Waals surface area contributed by atoms with Crippen LogP contribution in [0.5, 0.6) is 0 Å². The molecule has 0 radical (unpaired) electrons. The van der Waals surface area contributed by atoms with Crippen LogP contribution in [0.1, 0.15) is 18.5 Å². The van der Waals surface area contributed by atoms with Gasteiger partial charge in [-0.15, -0.1) is 0 Å². The van der Waals surface area contributed by atoms with E-state index < -0.39 is 29.0 Å². The third kappa shape index (κ3) is 5.71. The summed E-state index contributed by atoms with van der Waals surface area (Å²) >= 11 is 6.10. The standard InChI is InChI=1S/C19H19ClF3N3O2/c1-11(12-5-3-4-6-13(12)20)24-16(27)9-26(2)10-17(28)25-15-8-7-14(21)18(22)19(15)23/h3-8,11H,9-10H2,1-2H3,(H,24,27)(H,25,28)/p+1/t11-/m1/s1. The molecule has 0 fully saturated rings. The van der Waals surface area contributed by atoms with E-state index in [2.05, 4.69) is 10.6 Å². The lowest BCUT2D eigenvalue weighted by Gasteiger charge is -2.18. The number of carbonyl (C=O) groups excluding carboxylic acids is 2. The molecule has 0 aliphatic heterocycles. The van der Waals surface area contributed by atoms with Gasteiger partial charge in [0.15, 0.2) is 30.5 Å². The summed E-state index contributed by atoms with van der Waals surface area (Å²) in [5.74, 6) is -5.43. The highest BCUT2D eigenvalue weighted by molar-refractivity contribution is 6.31. The van der Waals surface area contributed by atoms with Crippen molar-refractivity contribution in [2.24, 2.45) is 0 Å². The molecular weight excluding hydrogens is 395 g/mol. The molecular formula is C19H20ClF3N3O2+. The Labute approximate surface area is 165 Å². The highest BCUT2D eigenvalue weighted by Crippen LogP contribution is 2.22. The van der Waals surface area contributed by atoms with Gasteiger partial charge in [-0.2, -0.15) is 0 Å². The predicted octanol–water partition coefficient (Wildman–Crippen LogP) is 2.09. The van der Waals surface area contributed by atoms with E-state index in [0.29, 0.717) is 16.0 Å². The molecule has 2 atom stereocenters. The Bertz CT molecular complexity index is 879. The molecule has 0 spiro atoms. The van der Waals surface area contributed by atoms with Crippen molar-refractivity contribution < 1.29 is 27.7 Å². The fourth-order valence-electron chi connectivity index (χ4n) is 2.62. The van der Waals surface area contributed by atoms with E-state index in [1.54, 1.807) is 32.2 Å². The normalized spacial score (nSPS) is 12.9. The third-order valence-electron chi connectivity index (χ3n) is 3.98. The van der Waals surface area contributed by atoms with Crippen LogP contribution in [0.25, 0.3) is 0 Å². The summed E-state index contributed by atoms with van der Waals surface area (Å²) in [5, 5.41) is 5.48. The molecule has 150 valence electrons. The highest BCUT2D eigenvalue weighted by atomic mass is 35.5. The number of anilines is 1. The van der Waals surface area contributed by atoms with Crippen LogP contribution in [0.3, 0.4) is 0 Å². The number of benzene rings is 2. The van der Waals surface area contributed by atoms with Crippen LogP contribution < -0.4 is 15.5 Å². The van der Waals surface area contributed by atoms with Crippen LogP contribution in [-0.4, -0.2) is 32.0 Å². The zero-order valence-corrected chi connectivity index (χ0v) is 16.0. The Morgan fingerprint density at radius 3 is 2.36 bits per heavy atom. The largest absolute Gasteiger partial charge is 0.345 e. The Kier molecular flexibility index (Phi) is 7.42. The van der Waals surface area contributed by atoms with E-state index in [1.165, 1.54) is 0 Å². The van der Waals surface area contributed by atoms with Crippen molar-refractivity contribution in [3.63, 3.8) is 0 Å². The van der Waals surface area contributed by atoms with Gasteiger partial charge in [-0.3, -0.25) is 9.59 Å². The third-order valence-corrected chi connectivity index (χ3v) is 4.33. The SMILES string of the molecule is C[C@@H](NC(=O)C[NH+](C)CC(=O)Nc1ccc(F)c(F)c1F)c1ccccc1Cl. The maximum atomic E-state index is 13.6. The lowest BCUT2D eigenvalue weighted by molar-refractivity contribution is -0.862. The molecule has 28 heavy (non-hydrogen) atoms. The number of hydrogen-bond donors (Lipinski definition) is 3. The number of quaternary nitrogens is 1. The van der Waals surface area contributed by atoms with Gasteiger partial charge in [-0.25, -0.2) is 13.2 Å². The topological polar surface area (TPSA) is 62.6 Å². The van der Waals surface area contributed by atoms with Gasteiger partial charge < -0.3 is 15.5 Å². The van der Waals surface area contributed by atoms with Gasteiger partial charge in [0.05, 0.1) is 18.8 Å². The number of hydrogen-bond acceptors (Lipinski definition) is 2. The Morgan fingerprint density at radius 2 is 1.68 bits per heavy atom.